The first-order valence-electron chi connectivity index (χ1n) is 3.11. The van der Waals surface area contributed by atoms with E-state index in [2.05, 4.69) is 0 Å². The van der Waals surface area contributed by atoms with Gasteiger partial charge in [0.1, 0.15) is 0 Å². The molecule has 0 aromatic rings. The van der Waals surface area contributed by atoms with Crippen molar-refractivity contribution in [2.24, 2.45) is 0 Å². The van der Waals surface area contributed by atoms with Crippen molar-refractivity contribution in [3.05, 3.63) is 11.1 Å². The zero-order valence-corrected chi connectivity index (χ0v) is 6.90. The molecule has 2 nitrogen and oxygen atoms in total. The summed E-state index contributed by atoms with van der Waals surface area (Å²) in [6, 6.07) is 0. The number of rotatable bonds is 3. The number of aliphatic carboxylic acids is 1. The summed E-state index contributed by atoms with van der Waals surface area (Å²) in [7, 11) is 0. The van der Waals surface area contributed by atoms with Gasteiger partial charge < -0.3 is 5.11 Å². The zero-order valence-electron chi connectivity index (χ0n) is 6.15. The lowest BCUT2D eigenvalue weighted by Gasteiger charge is -2.00. The first-order valence-corrected chi connectivity index (χ1v) is 3.64. The number of hydrogen-bond acceptors (Lipinski definition) is 1. The van der Waals surface area contributed by atoms with Crippen molar-refractivity contribution < 1.29 is 9.90 Å². The third-order valence-electron chi connectivity index (χ3n) is 1.33. The maximum Gasteiger partial charge on any atom is 0.331 e. The van der Waals surface area contributed by atoms with E-state index in [4.69, 9.17) is 16.7 Å². The molecule has 0 spiro atoms. The number of halogens is 1. The van der Waals surface area contributed by atoms with Gasteiger partial charge in [-0.2, -0.15) is 0 Å². The van der Waals surface area contributed by atoms with E-state index < -0.39 is 5.97 Å². The Morgan fingerprint density at radius 3 is 2.20 bits per heavy atom. The summed E-state index contributed by atoms with van der Waals surface area (Å²) in [6.07, 6.45) is 0.536. The Morgan fingerprint density at radius 2 is 2.10 bits per heavy atom. The second kappa shape index (κ2) is 4.34. The van der Waals surface area contributed by atoms with Crippen LogP contribution in [0.4, 0.5) is 0 Å². The number of hydrogen-bond donors (Lipinski definition) is 1. The third kappa shape index (κ3) is 2.40. The monoisotopic (exact) mass is 162 g/mol. The molecule has 0 radical (unpaired) electrons. The lowest BCUT2D eigenvalue weighted by Crippen LogP contribution is -2.02. The minimum atomic E-state index is -0.861. The standard InChI is InChI=1S/C7H11ClO2/c1-3-6(7(9)10)5(2)4-8/h3-4H2,1-2H3,(H,9,10)/b6-5+. The van der Waals surface area contributed by atoms with Crippen LogP contribution in [-0.2, 0) is 4.79 Å². The highest BCUT2D eigenvalue weighted by atomic mass is 35.5. The van der Waals surface area contributed by atoms with Crippen molar-refractivity contribution in [1.82, 2.24) is 0 Å². The summed E-state index contributed by atoms with van der Waals surface area (Å²) in [4.78, 5) is 10.4. The number of carboxylic acid groups (broad SMARTS) is 1. The Kier molecular flexibility index (Phi) is 4.12. The molecule has 0 fully saturated rings. The molecule has 0 rings (SSSR count). The second-order valence-corrected chi connectivity index (χ2v) is 2.32. The van der Waals surface area contributed by atoms with Gasteiger partial charge in [-0.1, -0.05) is 6.92 Å². The molecule has 0 aromatic carbocycles. The summed E-state index contributed by atoms with van der Waals surface area (Å²) in [5.41, 5.74) is 1.17. The first kappa shape index (κ1) is 9.50. The summed E-state index contributed by atoms with van der Waals surface area (Å²) in [5.74, 6) is -0.559. The van der Waals surface area contributed by atoms with Crippen LogP contribution in [0.5, 0.6) is 0 Å². The van der Waals surface area contributed by atoms with Gasteiger partial charge in [-0.3, -0.25) is 0 Å². The molecular formula is C7H11ClO2. The molecule has 0 aliphatic carbocycles. The largest absolute Gasteiger partial charge is 0.478 e. The molecule has 0 atom stereocenters. The molecule has 3 heteroatoms. The van der Waals surface area contributed by atoms with E-state index in [0.29, 0.717) is 17.9 Å². The predicted molar refractivity (Wildman–Crippen MR) is 41.3 cm³/mol. The molecule has 58 valence electrons. The highest BCUT2D eigenvalue weighted by Gasteiger charge is 2.06. The van der Waals surface area contributed by atoms with E-state index in [1.807, 2.05) is 0 Å². The van der Waals surface area contributed by atoms with Crippen LogP contribution in [0.3, 0.4) is 0 Å². The molecule has 0 aliphatic rings. The van der Waals surface area contributed by atoms with Crippen LogP contribution < -0.4 is 0 Å². The van der Waals surface area contributed by atoms with Crippen molar-refractivity contribution in [1.29, 1.82) is 0 Å². The molecular weight excluding hydrogens is 152 g/mol. The smallest absolute Gasteiger partial charge is 0.331 e. The van der Waals surface area contributed by atoms with Crippen LogP contribution in [0.2, 0.25) is 0 Å². The van der Waals surface area contributed by atoms with Crippen LogP contribution in [0.15, 0.2) is 11.1 Å². The van der Waals surface area contributed by atoms with Gasteiger partial charge in [-0.25, -0.2) is 4.79 Å². The van der Waals surface area contributed by atoms with E-state index in [9.17, 15) is 4.79 Å². The van der Waals surface area contributed by atoms with Crippen LogP contribution in [0.25, 0.3) is 0 Å². The molecule has 10 heavy (non-hydrogen) atoms. The van der Waals surface area contributed by atoms with Gasteiger partial charge in [-0.05, 0) is 18.9 Å². The molecule has 0 unspecified atom stereocenters. The van der Waals surface area contributed by atoms with Gasteiger partial charge in [0.15, 0.2) is 0 Å². The topological polar surface area (TPSA) is 37.3 Å². The van der Waals surface area contributed by atoms with Crippen molar-refractivity contribution in [3.63, 3.8) is 0 Å². The van der Waals surface area contributed by atoms with Gasteiger partial charge >= 0.3 is 5.97 Å². The van der Waals surface area contributed by atoms with Gasteiger partial charge in [0.2, 0.25) is 0 Å². The zero-order chi connectivity index (χ0) is 8.15. The normalized spacial score (nSPS) is 12.7. The number of carboxylic acids is 1. The summed E-state index contributed by atoms with van der Waals surface area (Å²) in [5, 5.41) is 8.56. The lowest BCUT2D eigenvalue weighted by molar-refractivity contribution is -0.132. The fourth-order valence-corrected chi connectivity index (χ4v) is 0.878. The lowest BCUT2D eigenvalue weighted by atomic mass is 10.1. The average Bonchev–Trinajstić information content (AvgIpc) is 1.88. The molecule has 0 saturated carbocycles. The molecule has 0 heterocycles. The van der Waals surface area contributed by atoms with Gasteiger partial charge in [0, 0.05) is 11.5 Å². The highest BCUT2D eigenvalue weighted by Crippen LogP contribution is 2.09. The van der Waals surface area contributed by atoms with Gasteiger partial charge in [0.05, 0.1) is 0 Å². The molecule has 0 aliphatic heterocycles. The highest BCUT2D eigenvalue weighted by molar-refractivity contribution is 6.19. The first-order chi connectivity index (χ1) is 4.63. The van der Waals surface area contributed by atoms with E-state index in [1.165, 1.54) is 0 Å². The number of allylic oxidation sites excluding steroid dienone is 1. The molecule has 0 amide bonds. The maximum atomic E-state index is 10.4. The Labute approximate surface area is 65.5 Å². The predicted octanol–water partition coefficient (Wildman–Crippen LogP) is 2.04. The quantitative estimate of drug-likeness (QED) is 0.510. The van der Waals surface area contributed by atoms with Crippen LogP contribution in [0.1, 0.15) is 20.3 Å². The summed E-state index contributed by atoms with van der Waals surface area (Å²) in [6.45, 7) is 3.54. The molecule has 0 aromatic heterocycles. The van der Waals surface area contributed by atoms with Gasteiger partial charge in [-0.15, -0.1) is 11.6 Å². The van der Waals surface area contributed by atoms with E-state index in [1.54, 1.807) is 13.8 Å². The van der Waals surface area contributed by atoms with Crippen molar-refractivity contribution in [2.45, 2.75) is 20.3 Å². The van der Waals surface area contributed by atoms with Crippen LogP contribution in [-0.4, -0.2) is 17.0 Å². The number of carbonyl (C=O) groups is 1. The Hall–Kier alpha value is -0.500. The van der Waals surface area contributed by atoms with E-state index in [-0.39, 0.29) is 0 Å². The maximum absolute atomic E-state index is 10.4. The SMILES string of the molecule is CC/C(C(=O)O)=C(/C)CCl. The minimum Gasteiger partial charge on any atom is -0.478 e. The van der Waals surface area contributed by atoms with Crippen molar-refractivity contribution in [3.8, 4) is 0 Å². The average molecular weight is 163 g/mol. The number of alkyl halides is 1. The van der Waals surface area contributed by atoms with Crippen LogP contribution in [0, 0.1) is 0 Å². The fraction of sp³-hybridized carbons (Fsp3) is 0.571. The summed E-state index contributed by atoms with van der Waals surface area (Å²) >= 11 is 5.45. The summed E-state index contributed by atoms with van der Waals surface area (Å²) < 4.78 is 0. The van der Waals surface area contributed by atoms with E-state index >= 15 is 0 Å². The fourth-order valence-electron chi connectivity index (χ4n) is 0.716. The van der Waals surface area contributed by atoms with Crippen molar-refractivity contribution in [2.75, 3.05) is 5.88 Å². The molecule has 0 saturated heterocycles. The Morgan fingerprint density at radius 1 is 1.60 bits per heavy atom. The van der Waals surface area contributed by atoms with Crippen LogP contribution >= 0.6 is 11.6 Å². The molecule has 0 bridgehead atoms. The Balaban J connectivity index is 4.45. The Bertz CT molecular complexity index is 161. The minimum absolute atomic E-state index is 0.301. The van der Waals surface area contributed by atoms with E-state index in [0.717, 1.165) is 5.57 Å². The van der Waals surface area contributed by atoms with Gasteiger partial charge in [0.25, 0.3) is 0 Å². The third-order valence-corrected chi connectivity index (χ3v) is 1.73. The van der Waals surface area contributed by atoms with Crippen molar-refractivity contribution >= 4 is 17.6 Å². The molecule has 1 N–H and O–H groups in total. The second-order valence-electron chi connectivity index (χ2n) is 2.05.